The summed E-state index contributed by atoms with van der Waals surface area (Å²) in [6.07, 6.45) is 1.49. The molecule has 0 bridgehead atoms. The summed E-state index contributed by atoms with van der Waals surface area (Å²) in [5, 5.41) is 3.01. The zero-order chi connectivity index (χ0) is 8.85. The van der Waals surface area contributed by atoms with E-state index in [9.17, 15) is 4.79 Å². The van der Waals surface area contributed by atoms with Crippen LogP contribution in [0.1, 0.15) is 33.6 Å². The van der Waals surface area contributed by atoms with E-state index in [1.807, 2.05) is 27.8 Å². The highest BCUT2D eigenvalue weighted by atomic mass is 16.1. The Balaban J connectivity index is 3.84. The molecule has 0 heterocycles. The summed E-state index contributed by atoms with van der Waals surface area (Å²) in [5.74, 6) is 1.60. The van der Waals surface area contributed by atoms with Crippen LogP contribution in [0.2, 0.25) is 0 Å². The minimum Gasteiger partial charge on any atom is -0.318 e. The van der Waals surface area contributed by atoms with Gasteiger partial charge in [-0.2, -0.15) is 20.3 Å². The van der Waals surface area contributed by atoms with Gasteiger partial charge in [0.05, 0.1) is 0 Å². The Morgan fingerprint density at radius 2 is 2.09 bits per heavy atom. The molecule has 0 saturated carbocycles. The lowest BCUT2D eigenvalue weighted by Gasteiger charge is -2.24. The van der Waals surface area contributed by atoms with Gasteiger partial charge in [-0.1, -0.05) is 6.92 Å². The van der Waals surface area contributed by atoms with Crippen molar-refractivity contribution < 1.29 is 4.79 Å². The minimum atomic E-state index is 0.0324. The fraction of sp³-hybridized carbons (Fsp3) is 0.778. The van der Waals surface area contributed by atoms with Crippen LogP contribution in [0.4, 0.5) is 0 Å². The number of rotatable bonds is 5. The van der Waals surface area contributed by atoms with E-state index in [1.165, 1.54) is 5.92 Å². The van der Waals surface area contributed by atoms with Crippen LogP contribution < -0.4 is 5.32 Å². The van der Waals surface area contributed by atoms with Crippen LogP contribution in [0, 0.1) is 5.92 Å². The first-order chi connectivity index (χ1) is 5.11. The number of ketones is 1. The van der Waals surface area contributed by atoms with Gasteiger partial charge in [0, 0.05) is 12.5 Å². The predicted molar refractivity (Wildman–Crippen MR) is 47.4 cm³/mol. The normalized spacial score (nSPS) is 13.5. The van der Waals surface area contributed by atoms with Crippen LogP contribution in [0.15, 0.2) is 0 Å². The third kappa shape index (κ3) is 4.14. The lowest BCUT2D eigenvalue weighted by molar-refractivity contribution is -0.120. The molecular weight excluding hydrogens is 138 g/mol. The molecule has 2 heteroatoms. The van der Waals surface area contributed by atoms with Crippen molar-refractivity contribution in [2.75, 3.05) is 7.05 Å². The smallest absolute Gasteiger partial charge is 0.146 e. The lowest BCUT2D eigenvalue weighted by Crippen LogP contribution is -2.34. The molecule has 0 rings (SSSR count). The third-order valence-corrected chi connectivity index (χ3v) is 1.70. The first-order valence-corrected chi connectivity index (χ1v) is 4.10. The molecule has 0 aliphatic carbocycles. The van der Waals surface area contributed by atoms with Crippen molar-refractivity contribution in [3.63, 3.8) is 0 Å². The topological polar surface area (TPSA) is 29.1 Å². The van der Waals surface area contributed by atoms with Crippen LogP contribution in [-0.2, 0) is 4.79 Å². The van der Waals surface area contributed by atoms with Crippen LogP contribution in [0.3, 0.4) is 0 Å². The fourth-order valence-electron chi connectivity index (χ4n) is 1.03. The number of carbonyl (C=O) groups is 1. The largest absolute Gasteiger partial charge is 0.318 e. The molecule has 11 heavy (non-hydrogen) atoms. The predicted octanol–water partition coefficient (Wildman–Crippen LogP) is 1.56. The molecule has 2 nitrogen and oxygen atoms in total. The molecule has 0 aromatic rings. The van der Waals surface area contributed by atoms with E-state index in [2.05, 4.69) is 5.32 Å². The number of Topliss-reactive ketones (excluding diaryl/α,β-unsaturated/α-hetero) is 1. The molecule has 0 spiro atoms. The van der Waals surface area contributed by atoms with Crippen LogP contribution >= 0.6 is 0 Å². The van der Waals surface area contributed by atoms with E-state index in [1.54, 1.807) is 0 Å². The SMILES string of the molecule is CCC(=O)C(C[C-](C)C)NC. The van der Waals surface area contributed by atoms with Crippen molar-refractivity contribution >= 4 is 5.78 Å². The second kappa shape index (κ2) is 5.30. The zero-order valence-corrected chi connectivity index (χ0v) is 7.90. The van der Waals surface area contributed by atoms with Gasteiger partial charge in [-0.15, -0.1) is 0 Å². The molecule has 1 unspecified atom stereocenters. The highest BCUT2D eigenvalue weighted by Crippen LogP contribution is 2.08. The van der Waals surface area contributed by atoms with Crippen molar-refractivity contribution in [2.45, 2.75) is 39.7 Å². The number of carbonyl (C=O) groups excluding carboxylic acids is 1. The first-order valence-electron chi connectivity index (χ1n) is 4.10. The molecule has 0 saturated heterocycles. The summed E-state index contributed by atoms with van der Waals surface area (Å²) in [4.78, 5) is 11.2. The van der Waals surface area contributed by atoms with Gasteiger partial charge in [0.15, 0.2) is 0 Å². The van der Waals surface area contributed by atoms with Gasteiger partial charge < -0.3 is 11.2 Å². The van der Waals surface area contributed by atoms with Crippen molar-refractivity contribution in [1.29, 1.82) is 0 Å². The number of hydrogen-bond donors (Lipinski definition) is 1. The second-order valence-electron chi connectivity index (χ2n) is 3.07. The fourth-order valence-corrected chi connectivity index (χ4v) is 1.03. The van der Waals surface area contributed by atoms with E-state index in [4.69, 9.17) is 0 Å². The van der Waals surface area contributed by atoms with E-state index in [0.29, 0.717) is 12.2 Å². The van der Waals surface area contributed by atoms with Crippen LogP contribution in [0.5, 0.6) is 0 Å². The standard InChI is InChI=1S/C9H18NO/c1-5-9(11)8(10-4)6-7(2)3/h8,10H,5-6H2,1-4H3/q-1. The van der Waals surface area contributed by atoms with Crippen molar-refractivity contribution in [2.24, 2.45) is 0 Å². The van der Waals surface area contributed by atoms with Crippen molar-refractivity contribution in [1.82, 2.24) is 5.32 Å². The highest BCUT2D eigenvalue weighted by molar-refractivity contribution is 5.83. The van der Waals surface area contributed by atoms with Gasteiger partial charge >= 0.3 is 0 Å². The lowest BCUT2D eigenvalue weighted by atomic mass is 9.99. The summed E-state index contributed by atoms with van der Waals surface area (Å²) in [5.41, 5.74) is 0. The molecular formula is C9H18NO-. The Labute approximate surface area is 69.4 Å². The Morgan fingerprint density at radius 3 is 2.36 bits per heavy atom. The maximum absolute atomic E-state index is 11.2. The molecule has 0 aromatic carbocycles. The number of likely N-dealkylation sites (N-methyl/N-ethyl adjacent to an activating group) is 1. The molecule has 0 radical (unpaired) electrons. The van der Waals surface area contributed by atoms with Gasteiger partial charge in [-0.05, 0) is 7.05 Å². The van der Waals surface area contributed by atoms with Crippen molar-refractivity contribution in [3.05, 3.63) is 5.92 Å². The quantitative estimate of drug-likeness (QED) is 0.612. The Morgan fingerprint density at radius 1 is 1.55 bits per heavy atom. The zero-order valence-electron chi connectivity index (χ0n) is 7.90. The van der Waals surface area contributed by atoms with Crippen molar-refractivity contribution in [3.8, 4) is 0 Å². The Kier molecular flexibility index (Phi) is 5.12. The van der Waals surface area contributed by atoms with E-state index < -0.39 is 0 Å². The van der Waals surface area contributed by atoms with E-state index >= 15 is 0 Å². The van der Waals surface area contributed by atoms with Gasteiger partial charge in [0.2, 0.25) is 0 Å². The van der Waals surface area contributed by atoms with Gasteiger partial charge in [0.1, 0.15) is 5.78 Å². The first kappa shape index (κ1) is 10.6. The van der Waals surface area contributed by atoms with E-state index in [0.717, 1.165) is 6.42 Å². The summed E-state index contributed by atoms with van der Waals surface area (Å²) in [6, 6.07) is 0.0324. The second-order valence-corrected chi connectivity index (χ2v) is 3.07. The summed E-state index contributed by atoms with van der Waals surface area (Å²) in [7, 11) is 1.83. The van der Waals surface area contributed by atoms with Crippen LogP contribution in [0.25, 0.3) is 0 Å². The molecule has 0 amide bonds. The summed E-state index contributed by atoms with van der Waals surface area (Å²) >= 11 is 0. The Hall–Kier alpha value is -0.370. The molecule has 1 N–H and O–H groups in total. The van der Waals surface area contributed by atoms with Gasteiger partial charge in [0.25, 0.3) is 0 Å². The van der Waals surface area contributed by atoms with E-state index in [-0.39, 0.29) is 6.04 Å². The average Bonchev–Trinajstić information content (AvgIpc) is 1.98. The molecule has 66 valence electrons. The maximum Gasteiger partial charge on any atom is 0.146 e. The minimum absolute atomic E-state index is 0.0324. The Bertz CT molecular complexity index is 121. The maximum atomic E-state index is 11.2. The number of nitrogens with one attached hydrogen (secondary N) is 1. The van der Waals surface area contributed by atoms with Crippen LogP contribution in [-0.4, -0.2) is 18.9 Å². The third-order valence-electron chi connectivity index (χ3n) is 1.70. The summed E-state index contributed by atoms with van der Waals surface area (Å²) < 4.78 is 0. The molecule has 0 aliphatic rings. The molecule has 1 atom stereocenters. The molecule has 0 aliphatic heterocycles. The van der Waals surface area contributed by atoms with Gasteiger partial charge in [-0.25, -0.2) is 0 Å². The average molecular weight is 156 g/mol. The highest BCUT2D eigenvalue weighted by Gasteiger charge is 2.09. The molecule has 0 aromatic heterocycles. The number of hydrogen-bond acceptors (Lipinski definition) is 2. The monoisotopic (exact) mass is 156 g/mol. The summed E-state index contributed by atoms with van der Waals surface area (Å²) in [6.45, 7) is 6.00. The van der Waals surface area contributed by atoms with Gasteiger partial charge in [-0.3, -0.25) is 4.79 Å². The molecule has 0 fully saturated rings.